The van der Waals surface area contributed by atoms with E-state index in [0.29, 0.717) is 0 Å². The smallest absolute Gasteiger partial charge is 0.386 e. The van der Waals surface area contributed by atoms with Gasteiger partial charge in [0.25, 0.3) is 0 Å². The maximum Gasteiger partial charge on any atom is 0.456 e. The fourth-order valence-corrected chi connectivity index (χ4v) is 3.42. The largest absolute Gasteiger partial charge is 0.456 e. The highest BCUT2D eigenvalue weighted by Gasteiger charge is 2.62. The number of aliphatic hydroxyl groups is 1. The third-order valence-corrected chi connectivity index (χ3v) is 4.74. The summed E-state index contributed by atoms with van der Waals surface area (Å²) in [4.78, 5) is 0. The number of hydrogen-bond acceptors (Lipinski definition) is 3. The third-order valence-electron chi connectivity index (χ3n) is 3.03. The Bertz CT molecular complexity index is 375. The van der Waals surface area contributed by atoms with Crippen LogP contribution in [0.15, 0.2) is 0 Å². The fraction of sp³-hybridized carbons (Fsp3) is 1.00. The Hall–Kier alpha value is -0.440. The van der Waals surface area contributed by atoms with E-state index in [2.05, 4.69) is 0 Å². The lowest BCUT2D eigenvalue weighted by molar-refractivity contribution is -0.314. The van der Waals surface area contributed by atoms with Gasteiger partial charge in [0.1, 0.15) is 15.9 Å². The van der Waals surface area contributed by atoms with Crippen molar-refractivity contribution in [2.24, 2.45) is 5.92 Å². The molecule has 0 radical (unpaired) electrons. The van der Waals surface area contributed by atoms with E-state index in [-0.39, 0.29) is 24.3 Å². The van der Waals surface area contributed by atoms with Crippen LogP contribution in [0.25, 0.3) is 0 Å². The molecule has 108 valence electrons. The number of halogens is 5. The summed E-state index contributed by atoms with van der Waals surface area (Å²) >= 11 is 0. The van der Waals surface area contributed by atoms with Crippen molar-refractivity contribution < 1.29 is 35.5 Å². The quantitative estimate of drug-likeness (QED) is 0.807. The van der Waals surface area contributed by atoms with Gasteiger partial charge in [-0.2, -0.15) is 22.0 Å². The molecule has 1 aliphatic heterocycles. The Morgan fingerprint density at radius 2 is 1.56 bits per heavy atom. The Kier molecular flexibility index (Phi) is 4.26. The average Bonchev–Trinajstić information content (AvgIpc) is 2.19. The van der Waals surface area contributed by atoms with Gasteiger partial charge in [-0.1, -0.05) is 0 Å². The van der Waals surface area contributed by atoms with Crippen LogP contribution in [-0.2, 0) is 9.84 Å². The van der Waals surface area contributed by atoms with Crippen molar-refractivity contribution >= 4 is 9.84 Å². The standard InChI is InChI=1S/C9H13F5O3S/c10-8(11,9(12,13)14)7(15)5-6-1-3-18(16,17)4-2-6/h6-7,15H,1-5H2. The summed E-state index contributed by atoms with van der Waals surface area (Å²) in [5, 5.41) is 8.98. The molecule has 3 nitrogen and oxygen atoms in total. The summed E-state index contributed by atoms with van der Waals surface area (Å²) in [5.74, 6) is -6.26. The van der Waals surface area contributed by atoms with Gasteiger partial charge in [-0.3, -0.25) is 0 Å². The Morgan fingerprint density at radius 1 is 1.11 bits per heavy atom. The molecule has 1 rings (SSSR count). The van der Waals surface area contributed by atoms with Gasteiger partial charge >= 0.3 is 12.1 Å². The lowest BCUT2D eigenvalue weighted by Gasteiger charge is -2.29. The van der Waals surface area contributed by atoms with Gasteiger partial charge in [-0.25, -0.2) is 8.42 Å². The molecule has 0 saturated carbocycles. The van der Waals surface area contributed by atoms with Gasteiger partial charge in [-0.05, 0) is 25.2 Å². The molecule has 0 aromatic heterocycles. The minimum atomic E-state index is -5.80. The molecular formula is C9H13F5O3S. The Labute approximate surface area is 101 Å². The first-order valence-electron chi connectivity index (χ1n) is 5.29. The lowest BCUT2D eigenvalue weighted by atomic mass is 9.93. The van der Waals surface area contributed by atoms with Crippen LogP contribution in [0.5, 0.6) is 0 Å². The molecule has 1 heterocycles. The van der Waals surface area contributed by atoms with Gasteiger partial charge in [0, 0.05) is 0 Å². The van der Waals surface area contributed by atoms with Gasteiger partial charge in [0.05, 0.1) is 11.5 Å². The van der Waals surface area contributed by atoms with Crippen LogP contribution in [0.1, 0.15) is 19.3 Å². The van der Waals surface area contributed by atoms with Crippen molar-refractivity contribution in [2.45, 2.75) is 37.5 Å². The van der Waals surface area contributed by atoms with E-state index in [4.69, 9.17) is 5.11 Å². The van der Waals surface area contributed by atoms with Gasteiger partial charge < -0.3 is 5.11 Å². The van der Waals surface area contributed by atoms with Crippen LogP contribution >= 0.6 is 0 Å². The van der Waals surface area contributed by atoms with E-state index in [9.17, 15) is 30.4 Å². The minimum absolute atomic E-state index is 0.00727. The molecule has 1 aliphatic rings. The van der Waals surface area contributed by atoms with E-state index in [1.165, 1.54) is 0 Å². The molecule has 0 aliphatic carbocycles. The normalized spacial score (nSPS) is 23.9. The number of hydrogen-bond donors (Lipinski definition) is 1. The zero-order valence-electron chi connectivity index (χ0n) is 9.25. The van der Waals surface area contributed by atoms with E-state index in [0.717, 1.165) is 0 Å². The van der Waals surface area contributed by atoms with Crippen LogP contribution < -0.4 is 0 Å². The summed E-state index contributed by atoms with van der Waals surface area (Å²) in [5.41, 5.74) is 0. The van der Waals surface area contributed by atoms with Crippen LogP contribution in [-0.4, -0.2) is 43.2 Å². The topological polar surface area (TPSA) is 54.4 Å². The number of alkyl halides is 5. The third kappa shape index (κ3) is 3.53. The molecule has 18 heavy (non-hydrogen) atoms. The molecule has 1 unspecified atom stereocenters. The van der Waals surface area contributed by atoms with Crippen molar-refractivity contribution in [3.63, 3.8) is 0 Å². The average molecular weight is 296 g/mol. The van der Waals surface area contributed by atoms with Gasteiger partial charge in [-0.15, -0.1) is 0 Å². The summed E-state index contributed by atoms with van der Waals surface area (Å²) < 4.78 is 83.4. The molecule has 0 aromatic rings. The molecular weight excluding hydrogens is 283 g/mol. The number of rotatable bonds is 3. The van der Waals surface area contributed by atoms with Gasteiger partial charge in [0.2, 0.25) is 0 Å². The highest BCUT2D eigenvalue weighted by atomic mass is 32.2. The highest BCUT2D eigenvalue weighted by molar-refractivity contribution is 7.91. The first kappa shape index (κ1) is 15.6. The van der Waals surface area contributed by atoms with Crippen LogP contribution in [0.2, 0.25) is 0 Å². The molecule has 0 bridgehead atoms. The summed E-state index contributed by atoms with van der Waals surface area (Å²) in [6.45, 7) is 0. The van der Waals surface area contributed by atoms with Crippen LogP contribution in [0.4, 0.5) is 22.0 Å². The summed E-state index contributed by atoms with van der Waals surface area (Å²) in [7, 11) is -3.21. The summed E-state index contributed by atoms with van der Waals surface area (Å²) in [6.07, 6.45) is -9.36. The molecule has 0 amide bonds. The van der Waals surface area contributed by atoms with Crippen molar-refractivity contribution in [3.8, 4) is 0 Å². The fourth-order valence-electron chi connectivity index (χ4n) is 1.83. The number of sulfone groups is 1. The van der Waals surface area contributed by atoms with E-state index in [1.54, 1.807) is 0 Å². The first-order chi connectivity index (χ1) is 7.96. The van der Waals surface area contributed by atoms with E-state index in [1.807, 2.05) is 0 Å². The SMILES string of the molecule is O=S1(=O)CCC(CC(O)C(F)(F)C(F)(F)F)CC1. The predicted molar refractivity (Wildman–Crippen MR) is 53.0 cm³/mol. The van der Waals surface area contributed by atoms with E-state index < -0.39 is 40.4 Å². The monoisotopic (exact) mass is 296 g/mol. The summed E-state index contributed by atoms with van der Waals surface area (Å²) in [6, 6.07) is 0. The molecule has 1 fully saturated rings. The highest BCUT2D eigenvalue weighted by Crippen LogP contribution is 2.40. The Morgan fingerprint density at radius 3 is 1.94 bits per heavy atom. The van der Waals surface area contributed by atoms with Crippen molar-refractivity contribution in [1.82, 2.24) is 0 Å². The lowest BCUT2D eigenvalue weighted by Crippen LogP contribution is -2.48. The van der Waals surface area contributed by atoms with Crippen molar-refractivity contribution in [2.75, 3.05) is 11.5 Å². The maximum absolute atomic E-state index is 12.7. The van der Waals surface area contributed by atoms with Crippen LogP contribution in [0, 0.1) is 5.92 Å². The van der Waals surface area contributed by atoms with Crippen molar-refractivity contribution in [3.05, 3.63) is 0 Å². The zero-order valence-corrected chi connectivity index (χ0v) is 10.1. The molecule has 1 atom stereocenters. The second-order valence-corrected chi connectivity index (χ2v) is 6.77. The second-order valence-electron chi connectivity index (χ2n) is 4.47. The minimum Gasteiger partial charge on any atom is -0.386 e. The zero-order chi connectivity index (χ0) is 14.2. The van der Waals surface area contributed by atoms with Crippen LogP contribution in [0.3, 0.4) is 0 Å². The van der Waals surface area contributed by atoms with Crippen molar-refractivity contribution in [1.29, 1.82) is 0 Å². The molecule has 9 heteroatoms. The molecule has 1 N–H and O–H groups in total. The molecule has 0 spiro atoms. The predicted octanol–water partition coefficient (Wildman–Crippen LogP) is 1.76. The van der Waals surface area contributed by atoms with E-state index >= 15 is 0 Å². The Balaban J connectivity index is 2.59. The first-order valence-corrected chi connectivity index (χ1v) is 7.11. The second kappa shape index (κ2) is 4.92. The van der Waals surface area contributed by atoms with Gasteiger partial charge in [0.15, 0.2) is 0 Å². The molecule has 0 aromatic carbocycles. The maximum atomic E-state index is 12.7. The molecule has 1 saturated heterocycles. The number of aliphatic hydroxyl groups excluding tert-OH is 1.